The summed E-state index contributed by atoms with van der Waals surface area (Å²) in [5.41, 5.74) is 2.39. The standard InChI is InChI=1S/C22H18N2O3.CH4O.O.V/c25-21-10-9-14-5-1-2-6-16(14)18(21)13-24-20(22(26)27)11-15-12-23-19-8-4-3-7-17(15)19;1-2;;/h1-10,12-13,20,23,25H,11H2,(H,26,27);2H,1H3;;/t20-;;;/m0.../s1. The molecular formula is C23H22N2O5V. The van der Waals surface area contributed by atoms with Crippen molar-refractivity contribution in [2.24, 2.45) is 4.99 Å². The van der Waals surface area contributed by atoms with Crippen LogP contribution in [-0.4, -0.2) is 45.6 Å². The molecule has 0 saturated heterocycles. The van der Waals surface area contributed by atoms with Crippen LogP contribution in [0.1, 0.15) is 11.1 Å². The van der Waals surface area contributed by atoms with Crippen molar-refractivity contribution in [1.82, 2.24) is 4.98 Å². The number of nitrogens with one attached hydrogen (secondary N) is 1. The Bertz CT molecular complexity index is 1190. The minimum atomic E-state index is -1.00. The number of benzene rings is 3. The summed E-state index contributed by atoms with van der Waals surface area (Å²) in [5.74, 6) is -0.926. The summed E-state index contributed by atoms with van der Waals surface area (Å²) < 4.78 is 8.19. The second-order valence-electron chi connectivity index (χ2n) is 6.42. The topological polar surface area (TPSA) is 123 Å². The van der Waals surface area contributed by atoms with Crippen LogP contribution in [-0.2, 0) is 32.3 Å². The van der Waals surface area contributed by atoms with E-state index in [0.717, 1.165) is 51.7 Å². The number of nitrogens with zero attached hydrogens (tertiary/aromatic N) is 1. The first-order chi connectivity index (χ1) is 15.1. The summed E-state index contributed by atoms with van der Waals surface area (Å²) in [6.07, 6.45) is 3.55. The zero-order valence-electron chi connectivity index (χ0n) is 16.8. The fraction of sp³-hybridized carbons (Fsp3) is 0.130. The quantitative estimate of drug-likeness (QED) is 0.341. The molecule has 1 aromatic heterocycles. The van der Waals surface area contributed by atoms with Gasteiger partial charge >= 0.3 is 27.0 Å². The molecule has 3 aromatic carbocycles. The Morgan fingerprint density at radius 3 is 2.39 bits per heavy atom. The number of hydrogen-bond donors (Lipinski definition) is 4. The Morgan fingerprint density at radius 1 is 1.03 bits per heavy atom. The van der Waals surface area contributed by atoms with E-state index < -0.39 is 12.0 Å². The van der Waals surface area contributed by atoms with Crippen molar-refractivity contribution in [3.05, 3.63) is 78.0 Å². The molecule has 8 heteroatoms. The third kappa shape index (κ3) is 5.67. The summed E-state index contributed by atoms with van der Waals surface area (Å²) in [7, 11) is 1.00. The first-order valence-electron chi connectivity index (χ1n) is 9.28. The SMILES string of the molecule is CO.O=C(O)[C@H](Cc1c[nH]c2ccccc12)N=Cc1c(O)ccc2ccccc12.[O]=[V]. The number of aromatic hydroxyl groups is 1. The minimum absolute atomic E-state index is 0.0775. The van der Waals surface area contributed by atoms with Crippen molar-refractivity contribution in [3.8, 4) is 5.75 Å². The molecule has 0 fully saturated rings. The van der Waals surface area contributed by atoms with E-state index in [9.17, 15) is 15.0 Å². The van der Waals surface area contributed by atoms with E-state index in [-0.39, 0.29) is 12.2 Å². The molecule has 7 nitrogen and oxygen atoms in total. The van der Waals surface area contributed by atoms with E-state index in [1.807, 2.05) is 60.8 Å². The Labute approximate surface area is 188 Å². The van der Waals surface area contributed by atoms with Crippen LogP contribution >= 0.6 is 0 Å². The van der Waals surface area contributed by atoms with Crippen molar-refractivity contribution in [3.63, 3.8) is 0 Å². The third-order valence-electron chi connectivity index (χ3n) is 4.70. The van der Waals surface area contributed by atoms with Gasteiger partial charge in [-0.25, -0.2) is 4.79 Å². The molecule has 0 saturated carbocycles. The number of phenols is 1. The number of carboxylic acids is 1. The molecule has 159 valence electrons. The zero-order chi connectivity index (χ0) is 22.8. The predicted molar refractivity (Wildman–Crippen MR) is 115 cm³/mol. The number of aliphatic hydroxyl groups excluding tert-OH is 1. The van der Waals surface area contributed by atoms with E-state index in [0.29, 0.717) is 5.56 Å². The van der Waals surface area contributed by atoms with Gasteiger partial charge in [0.15, 0.2) is 6.04 Å². The molecule has 0 aliphatic rings. The Hall–Kier alpha value is -3.26. The molecule has 0 aliphatic carbocycles. The van der Waals surface area contributed by atoms with Gasteiger partial charge in [-0.15, -0.1) is 0 Å². The Balaban J connectivity index is 0.000000807. The van der Waals surface area contributed by atoms with Crippen LogP contribution in [0.25, 0.3) is 21.7 Å². The number of fused-ring (bicyclic) bond motifs is 2. The number of H-pyrrole nitrogens is 1. The average molecular weight is 457 g/mol. The molecule has 4 N–H and O–H groups in total. The monoisotopic (exact) mass is 457 g/mol. The number of carbonyl (C=O) groups is 1. The predicted octanol–water partition coefficient (Wildman–Crippen LogP) is 3.63. The van der Waals surface area contributed by atoms with E-state index in [1.54, 1.807) is 6.07 Å². The van der Waals surface area contributed by atoms with Crippen molar-refractivity contribution >= 4 is 33.9 Å². The number of aliphatic carboxylic acids is 1. The van der Waals surface area contributed by atoms with E-state index in [4.69, 9.17) is 8.78 Å². The van der Waals surface area contributed by atoms with Crippen LogP contribution in [0.2, 0.25) is 0 Å². The Morgan fingerprint density at radius 2 is 1.68 bits per heavy atom. The number of para-hydroxylation sites is 1. The average Bonchev–Trinajstić information content (AvgIpc) is 3.23. The first kappa shape index (κ1) is 24.0. The number of aromatic amines is 1. The molecule has 0 radical (unpaired) electrons. The normalized spacial score (nSPS) is 11.4. The Kier molecular flexibility index (Phi) is 9.15. The van der Waals surface area contributed by atoms with Crippen LogP contribution in [0.4, 0.5) is 0 Å². The van der Waals surface area contributed by atoms with Gasteiger partial charge in [0.25, 0.3) is 0 Å². The third-order valence-corrected chi connectivity index (χ3v) is 4.70. The maximum absolute atomic E-state index is 11.7. The summed E-state index contributed by atoms with van der Waals surface area (Å²) in [4.78, 5) is 19.2. The van der Waals surface area contributed by atoms with Crippen LogP contribution in [0.3, 0.4) is 0 Å². The molecule has 0 aliphatic heterocycles. The van der Waals surface area contributed by atoms with Crippen molar-refractivity contribution in [1.29, 1.82) is 0 Å². The maximum atomic E-state index is 11.7. The number of hydrogen-bond acceptors (Lipinski definition) is 5. The van der Waals surface area contributed by atoms with Gasteiger partial charge in [-0.05, 0) is 28.5 Å². The molecule has 1 heterocycles. The molecule has 31 heavy (non-hydrogen) atoms. The first-order valence-corrected chi connectivity index (χ1v) is 9.85. The molecule has 1 atom stereocenters. The van der Waals surface area contributed by atoms with Crippen LogP contribution in [0.5, 0.6) is 5.75 Å². The number of aliphatic imine (C=N–C) groups is 1. The van der Waals surface area contributed by atoms with Crippen molar-refractivity contribution in [2.75, 3.05) is 7.11 Å². The summed E-state index contributed by atoms with van der Waals surface area (Å²) in [6, 6.07) is 17.8. The van der Waals surface area contributed by atoms with Gasteiger partial charge in [0.1, 0.15) is 5.75 Å². The molecule has 0 spiro atoms. The van der Waals surface area contributed by atoms with Gasteiger partial charge < -0.3 is 20.3 Å². The van der Waals surface area contributed by atoms with Gasteiger partial charge in [0.2, 0.25) is 0 Å². The number of aliphatic hydroxyl groups is 1. The summed E-state index contributed by atoms with van der Waals surface area (Å²) >= 11 is 1.06. The van der Waals surface area contributed by atoms with Gasteiger partial charge in [-0.3, -0.25) is 4.99 Å². The van der Waals surface area contributed by atoms with Crippen LogP contribution in [0.15, 0.2) is 71.9 Å². The molecule has 0 amide bonds. The molecule has 0 bridgehead atoms. The fourth-order valence-corrected chi connectivity index (χ4v) is 3.30. The molecule has 0 unspecified atom stereocenters. The van der Waals surface area contributed by atoms with Crippen LogP contribution < -0.4 is 0 Å². The number of aromatic nitrogens is 1. The van der Waals surface area contributed by atoms with Crippen LogP contribution in [0, 0.1) is 0 Å². The van der Waals surface area contributed by atoms with Crippen molar-refractivity contribution < 1.29 is 41.2 Å². The van der Waals surface area contributed by atoms with Gasteiger partial charge in [0, 0.05) is 42.4 Å². The van der Waals surface area contributed by atoms with Gasteiger partial charge in [-0.2, -0.15) is 0 Å². The molecule has 4 aromatic rings. The van der Waals surface area contributed by atoms with E-state index in [1.165, 1.54) is 6.21 Å². The summed E-state index contributed by atoms with van der Waals surface area (Å²) in [5, 5.41) is 29.6. The fourth-order valence-electron chi connectivity index (χ4n) is 3.30. The number of phenolic OH excluding ortho intramolecular Hbond substituents is 1. The number of carboxylic acid groups (broad SMARTS) is 1. The van der Waals surface area contributed by atoms with Gasteiger partial charge in [0.05, 0.1) is 0 Å². The van der Waals surface area contributed by atoms with Gasteiger partial charge in [-0.1, -0.05) is 48.5 Å². The molecular weight excluding hydrogens is 435 g/mol. The summed E-state index contributed by atoms with van der Waals surface area (Å²) in [6.45, 7) is 0. The second kappa shape index (κ2) is 11.8. The molecule has 4 rings (SSSR count). The number of rotatable bonds is 5. The van der Waals surface area contributed by atoms with E-state index >= 15 is 0 Å². The second-order valence-corrected chi connectivity index (χ2v) is 6.42. The van der Waals surface area contributed by atoms with Crippen molar-refractivity contribution in [2.45, 2.75) is 12.5 Å². The zero-order valence-corrected chi connectivity index (χ0v) is 18.2. The van der Waals surface area contributed by atoms with E-state index in [2.05, 4.69) is 9.98 Å².